The lowest BCUT2D eigenvalue weighted by Crippen LogP contribution is -2.30. The first kappa shape index (κ1) is 11.6. The van der Waals surface area contributed by atoms with Crippen molar-refractivity contribution in [2.45, 2.75) is 13.3 Å². The van der Waals surface area contributed by atoms with Crippen molar-refractivity contribution in [2.24, 2.45) is 5.92 Å². The van der Waals surface area contributed by atoms with E-state index in [2.05, 4.69) is 22.6 Å². The summed E-state index contributed by atoms with van der Waals surface area (Å²) in [5.41, 5.74) is 1.81. The minimum Gasteiger partial charge on any atom is -0.274 e. The number of halogens is 1. The van der Waals surface area contributed by atoms with Crippen LogP contribution in [-0.2, 0) is 9.59 Å². The molecule has 1 atom stereocenters. The Morgan fingerprint density at radius 2 is 1.94 bits per heavy atom. The molecule has 1 aliphatic heterocycles. The Bertz CT molecular complexity index is 427. The highest BCUT2D eigenvalue weighted by Gasteiger charge is 2.38. The molecule has 4 heteroatoms. The fourth-order valence-corrected chi connectivity index (χ4v) is 2.47. The standard InChI is InChI=1S/C12H12INO2/c1-8-2-4-10(5-3-8)14-11(15)6-9(7-13)12(14)16/h2-5,9H,6-7H2,1H3. The van der Waals surface area contributed by atoms with Crippen LogP contribution in [0.3, 0.4) is 0 Å². The number of aryl methyl sites for hydroxylation is 1. The van der Waals surface area contributed by atoms with Gasteiger partial charge in [-0.3, -0.25) is 14.5 Å². The lowest BCUT2D eigenvalue weighted by atomic mass is 10.1. The summed E-state index contributed by atoms with van der Waals surface area (Å²) in [7, 11) is 0. The predicted octanol–water partition coefficient (Wildman–Crippen LogP) is 2.31. The first-order chi connectivity index (χ1) is 7.63. The van der Waals surface area contributed by atoms with Crippen LogP contribution in [-0.4, -0.2) is 16.2 Å². The van der Waals surface area contributed by atoms with Crippen LogP contribution in [0.25, 0.3) is 0 Å². The maximum absolute atomic E-state index is 11.9. The molecule has 3 nitrogen and oxygen atoms in total. The molecule has 0 bridgehead atoms. The molecule has 1 aromatic carbocycles. The summed E-state index contributed by atoms with van der Waals surface area (Å²) in [5, 5.41) is 0. The zero-order valence-electron chi connectivity index (χ0n) is 8.94. The van der Waals surface area contributed by atoms with Gasteiger partial charge >= 0.3 is 0 Å². The van der Waals surface area contributed by atoms with E-state index >= 15 is 0 Å². The molecular formula is C12H12INO2. The molecule has 0 aliphatic carbocycles. The number of hydrogen-bond acceptors (Lipinski definition) is 2. The number of alkyl halides is 1. The van der Waals surface area contributed by atoms with Crippen molar-refractivity contribution in [3.63, 3.8) is 0 Å². The van der Waals surface area contributed by atoms with Gasteiger partial charge in [0.1, 0.15) is 0 Å². The van der Waals surface area contributed by atoms with E-state index in [4.69, 9.17) is 0 Å². The maximum atomic E-state index is 11.9. The summed E-state index contributed by atoms with van der Waals surface area (Å²) in [6, 6.07) is 7.46. The van der Waals surface area contributed by atoms with Crippen molar-refractivity contribution in [3.8, 4) is 0 Å². The smallest absolute Gasteiger partial charge is 0.238 e. The molecule has 1 saturated heterocycles. The molecule has 1 unspecified atom stereocenters. The number of anilines is 1. The second-order valence-corrected chi connectivity index (χ2v) is 4.84. The van der Waals surface area contributed by atoms with Gasteiger partial charge in [0.05, 0.1) is 11.6 Å². The van der Waals surface area contributed by atoms with E-state index in [1.165, 1.54) is 4.90 Å². The summed E-state index contributed by atoms with van der Waals surface area (Å²) in [6.45, 7) is 1.98. The van der Waals surface area contributed by atoms with Gasteiger partial charge in [-0.2, -0.15) is 0 Å². The first-order valence-corrected chi connectivity index (χ1v) is 6.65. The average molecular weight is 329 g/mol. The summed E-state index contributed by atoms with van der Waals surface area (Å²) in [6.07, 6.45) is 0.343. The highest BCUT2D eigenvalue weighted by molar-refractivity contribution is 14.1. The third kappa shape index (κ3) is 1.98. The number of rotatable bonds is 2. The van der Waals surface area contributed by atoms with Gasteiger partial charge in [-0.15, -0.1) is 0 Å². The van der Waals surface area contributed by atoms with Crippen LogP contribution in [0.4, 0.5) is 5.69 Å². The second kappa shape index (κ2) is 4.53. The maximum Gasteiger partial charge on any atom is 0.238 e. The Labute approximate surface area is 108 Å². The third-order valence-corrected chi connectivity index (χ3v) is 3.78. The number of amides is 2. The molecule has 0 spiro atoms. The average Bonchev–Trinajstić information content (AvgIpc) is 2.56. The highest BCUT2D eigenvalue weighted by atomic mass is 127. The molecule has 1 aromatic rings. The number of imide groups is 1. The van der Waals surface area contributed by atoms with Gasteiger partial charge < -0.3 is 0 Å². The fraction of sp³-hybridized carbons (Fsp3) is 0.333. The molecule has 1 aliphatic rings. The van der Waals surface area contributed by atoms with Crippen molar-refractivity contribution in [1.29, 1.82) is 0 Å². The number of carbonyl (C=O) groups is 2. The van der Waals surface area contributed by atoms with Crippen molar-refractivity contribution < 1.29 is 9.59 Å². The Morgan fingerprint density at radius 1 is 1.31 bits per heavy atom. The molecule has 0 radical (unpaired) electrons. The minimum atomic E-state index is -0.144. The van der Waals surface area contributed by atoms with Gasteiger partial charge in [0, 0.05) is 10.8 Å². The third-order valence-electron chi connectivity index (χ3n) is 2.72. The summed E-state index contributed by atoms with van der Waals surface area (Å²) in [5.74, 6) is -0.298. The summed E-state index contributed by atoms with van der Waals surface area (Å²) >= 11 is 2.15. The minimum absolute atomic E-state index is 0.0664. The van der Waals surface area contributed by atoms with E-state index in [9.17, 15) is 9.59 Å². The largest absolute Gasteiger partial charge is 0.274 e. The van der Waals surface area contributed by atoms with Crippen LogP contribution < -0.4 is 4.90 Å². The Balaban J connectivity index is 2.31. The quantitative estimate of drug-likeness (QED) is 0.474. The van der Waals surface area contributed by atoms with Crippen LogP contribution in [0.5, 0.6) is 0 Å². The number of carbonyl (C=O) groups excluding carboxylic acids is 2. The molecule has 1 fully saturated rings. The fourth-order valence-electron chi connectivity index (χ4n) is 1.78. The monoisotopic (exact) mass is 329 g/mol. The molecule has 16 heavy (non-hydrogen) atoms. The predicted molar refractivity (Wildman–Crippen MR) is 70.7 cm³/mol. The molecule has 0 saturated carbocycles. The van der Waals surface area contributed by atoms with Gasteiger partial charge in [0.15, 0.2) is 0 Å². The zero-order chi connectivity index (χ0) is 11.7. The molecular weight excluding hydrogens is 317 g/mol. The molecule has 0 aromatic heterocycles. The van der Waals surface area contributed by atoms with Crippen LogP contribution >= 0.6 is 22.6 Å². The van der Waals surface area contributed by atoms with Gasteiger partial charge in [-0.1, -0.05) is 40.3 Å². The van der Waals surface area contributed by atoms with Crippen LogP contribution in [0.15, 0.2) is 24.3 Å². The van der Waals surface area contributed by atoms with Gasteiger partial charge in [0.2, 0.25) is 11.8 Å². The Morgan fingerprint density at radius 3 is 2.44 bits per heavy atom. The summed E-state index contributed by atoms with van der Waals surface area (Å²) < 4.78 is 0.699. The SMILES string of the molecule is Cc1ccc(N2C(=O)CC(CI)C2=O)cc1. The molecule has 84 valence electrons. The number of hydrogen-bond donors (Lipinski definition) is 0. The van der Waals surface area contributed by atoms with Crippen molar-refractivity contribution in [3.05, 3.63) is 29.8 Å². The van der Waals surface area contributed by atoms with E-state index in [1.807, 2.05) is 31.2 Å². The highest BCUT2D eigenvalue weighted by Crippen LogP contribution is 2.27. The van der Waals surface area contributed by atoms with E-state index in [0.717, 1.165) is 5.56 Å². The van der Waals surface area contributed by atoms with Gasteiger partial charge in [0.25, 0.3) is 0 Å². The lowest BCUT2D eigenvalue weighted by molar-refractivity contribution is -0.122. The number of benzene rings is 1. The zero-order valence-corrected chi connectivity index (χ0v) is 11.1. The Kier molecular flexibility index (Phi) is 3.28. The van der Waals surface area contributed by atoms with Crippen molar-refractivity contribution in [1.82, 2.24) is 0 Å². The van der Waals surface area contributed by atoms with E-state index < -0.39 is 0 Å². The van der Waals surface area contributed by atoms with E-state index in [-0.39, 0.29) is 17.7 Å². The van der Waals surface area contributed by atoms with Crippen molar-refractivity contribution in [2.75, 3.05) is 9.33 Å². The number of nitrogens with zero attached hydrogens (tertiary/aromatic N) is 1. The van der Waals surface area contributed by atoms with Crippen LogP contribution in [0.1, 0.15) is 12.0 Å². The molecule has 1 heterocycles. The normalized spacial score (nSPS) is 20.6. The Hall–Kier alpha value is -0.910. The van der Waals surface area contributed by atoms with Gasteiger partial charge in [-0.25, -0.2) is 0 Å². The first-order valence-electron chi connectivity index (χ1n) is 5.13. The van der Waals surface area contributed by atoms with Crippen molar-refractivity contribution >= 4 is 40.1 Å². The molecule has 2 amide bonds. The molecule has 2 rings (SSSR count). The van der Waals surface area contributed by atoms with E-state index in [1.54, 1.807) is 0 Å². The van der Waals surface area contributed by atoms with Crippen LogP contribution in [0.2, 0.25) is 0 Å². The summed E-state index contributed by atoms with van der Waals surface area (Å²) in [4.78, 5) is 25.0. The van der Waals surface area contributed by atoms with E-state index in [0.29, 0.717) is 16.5 Å². The lowest BCUT2D eigenvalue weighted by Gasteiger charge is -2.14. The van der Waals surface area contributed by atoms with Crippen LogP contribution in [0, 0.1) is 12.8 Å². The molecule has 0 N–H and O–H groups in total. The van der Waals surface area contributed by atoms with Gasteiger partial charge in [-0.05, 0) is 19.1 Å². The second-order valence-electron chi connectivity index (χ2n) is 3.96. The topological polar surface area (TPSA) is 37.4 Å².